The number of nitrogens with zero attached hydrogens (tertiary/aromatic N) is 2. The van der Waals surface area contributed by atoms with E-state index >= 15 is 0 Å². The van der Waals surface area contributed by atoms with Gasteiger partial charge in [-0.3, -0.25) is 4.79 Å². The van der Waals surface area contributed by atoms with Gasteiger partial charge in [-0.15, -0.1) is 0 Å². The van der Waals surface area contributed by atoms with Crippen LogP contribution >= 0.6 is 0 Å². The Balaban J connectivity index is 1.27. The second-order valence-corrected chi connectivity index (χ2v) is 10.3. The molecular formula is C25H30N4O4S. The van der Waals surface area contributed by atoms with Crippen molar-refractivity contribution in [1.29, 1.82) is 0 Å². The Bertz CT molecular complexity index is 1230. The fourth-order valence-corrected chi connectivity index (χ4v) is 5.06. The van der Waals surface area contributed by atoms with Gasteiger partial charge in [0.15, 0.2) is 0 Å². The van der Waals surface area contributed by atoms with E-state index in [0.717, 1.165) is 35.5 Å². The van der Waals surface area contributed by atoms with Crippen molar-refractivity contribution < 1.29 is 17.9 Å². The number of aryl methyl sites for hydroxylation is 2. The van der Waals surface area contributed by atoms with Crippen LogP contribution < -0.4 is 10.0 Å². The molecule has 1 unspecified atom stereocenters. The number of carbonyl (C=O) groups excluding carboxylic acids is 1. The monoisotopic (exact) mass is 482 g/mol. The van der Waals surface area contributed by atoms with Crippen LogP contribution in [0.2, 0.25) is 0 Å². The average Bonchev–Trinajstić information content (AvgIpc) is 3.47. The van der Waals surface area contributed by atoms with E-state index in [1.165, 1.54) is 24.3 Å². The van der Waals surface area contributed by atoms with Gasteiger partial charge in [0.1, 0.15) is 0 Å². The molecule has 4 rings (SSSR count). The van der Waals surface area contributed by atoms with Crippen molar-refractivity contribution in [2.45, 2.75) is 44.1 Å². The van der Waals surface area contributed by atoms with Crippen LogP contribution in [-0.4, -0.2) is 49.9 Å². The smallest absolute Gasteiger partial charge is 0.251 e. The Kier molecular flexibility index (Phi) is 7.45. The maximum Gasteiger partial charge on any atom is 0.251 e. The molecule has 1 saturated heterocycles. The van der Waals surface area contributed by atoms with Crippen LogP contribution in [0, 0.1) is 13.8 Å². The lowest BCUT2D eigenvalue weighted by molar-refractivity contribution is 0.0954. The maximum absolute atomic E-state index is 12.5. The van der Waals surface area contributed by atoms with Crippen LogP contribution in [0.3, 0.4) is 0 Å². The Morgan fingerprint density at radius 2 is 1.85 bits per heavy atom. The Labute approximate surface area is 200 Å². The first-order valence-electron chi connectivity index (χ1n) is 11.4. The number of hydrogen-bond acceptors (Lipinski definition) is 5. The molecule has 0 spiro atoms. The van der Waals surface area contributed by atoms with Gasteiger partial charge < -0.3 is 10.1 Å². The zero-order valence-electron chi connectivity index (χ0n) is 19.5. The number of benzene rings is 2. The summed E-state index contributed by atoms with van der Waals surface area (Å²) in [5.74, 6) is -0.240. The number of ether oxygens (including phenoxy) is 1. The quantitative estimate of drug-likeness (QED) is 0.488. The Morgan fingerprint density at radius 1 is 1.12 bits per heavy atom. The average molecular weight is 483 g/mol. The lowest BCUT2D eigenvalue weighted by Crippen LogP contribution is -2.32. The standard InChI is InChI=1S/C25H30N4O4S/c1-18-16-19(2)29(28-18)22-9-5-20(6-10-22)13-14-26-25(30)21-7-11-24(12-8-21)34(31,32)27-17-23-4-3-15-33-23/h5-12,16,23,27H,3-4,13-15,17H2,1-2H3,(H,26,30). The first-order valence-corrected chi connectivity index (χ1v) is 12.9. The third-order valence-electron chi connectivity index (χ3n) is 5.84. The predicted octanol–water partition coefficient (Wildman–Crippen LogP) is 2.92. The highest BCUT2D eigenvalue weighted by Gasteiger charge is 2.20. The summed E-state index contributed by atoms with van der Waals surface area (Å²) in [6.07, 6.45) is 2.42. The summed E-state index contributed by atoms with van der Waals surface area (Å²) in [6.45, 7) is 5.39. The number of hydrogen-bond donors (Lipinski definition) is 2. The molecule has 2 heterocycles. The van der Waals surface area contributed by atoms with Gasteiger partial charge in [0.2, 0.25) is 10.0 Å². The fourth-order valence-electron chi connectivity index (χ4n) is 3.99. The van der Waals surface area contributed by atoms with E-state index in [9.17, 15) is 13.2 Å². The lowest BCUT2D eigenvalue weighted by Gasteiger charge is -2.12. The van der Waals surface area contributed by atoms with Gasteiger partial charge in [0, 0.05) is 31.0 Å². The highest BCUT2D eigenvalue weighted by atomic mass is 32.2. The molecule has 0 bridgehead atoms. The van der Waals surface area contributed by atoms with E-state index in [2.05, 4.69) is 15.1 Å². The number of aromatic nitrogens is 2. The number of nitrogens with one attached hydrogen (secondary N) is 2. The molecule has 1 aliphatic heterocycles. The van der Waals surface area contributed by atoms with Crippen molar-refractivity contribution in [3.63, 3.8) is 0 Å². The summed E-state index contributed by atoms with van der Waals surface area (Å²) in [7, 11) is -3.64. The molecule has 0 saturated carbocycles. The molecule has 1 amide bonds. The molecule has 1 aromatic heterocycles. The molecule has 3 aromatic rings. The van der Waals surface area contributed by atoms with Gasteiger partial charge in [-0.1, -0.05) is 12.1 Å². The van der Waals surface area contributed by atoms with Crippen LogP contribution in [0.5, 0.6) is 0 Å². The minimum Gasteiger partial charge on any atom is -0.377 e. The number of carbonyl (C=O) groups is 1. The maximum atomic E-state index is 12.5. The molecule has 0 radical (unpaired) electrons. The van der Waals surface area contributed by atoms with Crippen molar-refractivity contribution in [2.24, 2.45) is 0 Å². The molecule has 0 aliphatic carbocycles. The number of sulfonamides is 1. The lowest BCUT2D eigenvalue weighted by atomic mass is 10.1. The molecule has 2 N–H and O–H groups in total. The van der Waals surface area contributed by atoms with Gasteiger partial charge in [-0.05, 0) is 81.1 Å². The minimum absolute atomic E-state index is 0.0742. The molecule has 1 fully saturated rings. The third kappa shape index (κ3) is 5.91. The van der Waals surface area contributed by atoms with Gasteiger partial charge in [0.05, 0.1) is 22.4 Å². The second-order valence-electron chi connectivity index (χ2n) is 8.52. The zero-order chi connectivity index (χ0) is 24.1. The Hall–Kier alpha value is -3.01. The van der Waals surface area contributed by atoms with Crippen molar-refractivity contribution in [1.82, 2.24) is 19.8 Å². The second kappa shape index (κ2) is 10.5. The highest BCUT2D eigenvalue weighted by Crippen LogP contribution is 2.15. The van der Waals surface area contributed by atoms with Crippen LogP contribution in [0.15, 0.2) is 59.5 Å². The van der Waals surface area contributed by atoms with Crippen molar-refractivity contribution >= 4 is 15.9 Å². The zero-order valence-corrected chi connectivity index (χ0v) is 20.3. The van der Waals surface area contributed by atoms with Crippen LogP contribution in [0.25, 0.3) is 5.69 Å². The van der Waals surface area contributed by atoms with Gasteiger partial charge in [-0.2, -0.15) is 5.10 Å². The third-order valence-corrected chi connectivity index (χ3v) is 7.28. The largest absolute Gasteiger partial charge is 0.377 e. The van der Waals surface area contributed by atoms with Crippen molar-refractivity contribution in [3.05, 3.63) is 77.1 Å². The van der Waals surface area contributed by atoms with Crippen LogP contribution in [-0.2, 0) is 21.2 Å². The SMILES string of the molecule is Cc1cc(C)n(-c2ccc(CCNC(=O)c3ccc(S(=O)(=O)NCC4CCCO4)cc3)cc2)n1. The fraction of sp³-hybridized carbons (Fsp3) is 0.360. The van der Waals surface area contributed by atoms with E-state index in [-0.39, 0.29) is 23.5 Å². The van der Waals surface area contributed by atoms with Crippen LogP contribution in [0.1, 0.15) is 40.2 Å². The molecule has 34 heavy (non-hydrogen) atoms. The summed E-state index contributed by atoms with van der Waals surface area (Å²) < 4.78 is 34.9. The summed E-state index contributed by atoms with van der Waals surface area (Å²) in [6, 6.07) is 16.1. The van der Waals surface area contributed by atoms with E-state index < -0.39 is 10.0 Å². The highest BCUT2D eigenvalue weighted by molar-refractivity contribution is 7.89. The van der Waals surface area contributed by atoms with E-state index in [1.54, 1.807) is 0 Å². The summed E-state index contributed by atoms with van der Waals surface area (Å²) in [5.41, 5.74) is 4.57. The number of rotatable bonds is 9. The Morgan fingerprint density at radius 3 is 2.47 bits per heavy atom. The molecule has 1 atom stereocenters. The number of amides is 1. The van der Waals surface area contributed by atoms with Gasteiger partial charge in [-0.25, -0.2) is 17.8 Å². The van der Waals surface area contributed by atoms with Gasteiger partial charge >= 0.3 is 0 Å². The first kappa shape index (κ1) is 24.1. The van der Waals surface area contributed by atoms with E-state index in [1.807, 2.05) is 48.9 Å². The minimum atomic E-state index is -3.64. The molecule has 9 heteroatoms. The van der Waals surface area contributed by atoms with E-state index in [4.69, 9.17) is 4.74 Å². The molecule has 2 aromatic carbocycles. The summed E-state index contributed by atoms with van der Waals surface area (Å²) in [5, 5.41) is 7.38. The molecular weight excluding hydrogens is 452 g/mol. The summed E-state index contributed by atoms with van der Waals surface area (Å²) >= 11 is 0. The first-order chi connectivity index (χ1) is 16.3. The van der Waals surface area contributed by atoms with Gasteiger partial charge in [0.25, 0.3) is 5.91 Å². The summed E-state index contributed by atoms with van der Waals surface area (Å²) in [4.78, 5) is 12.6. The van der Waals surface area contributed by atoms with Crippen LogP contribution in [0.4, 0.5) is 0 Å². The molecule has 180 valence electrons. The normalized spacial score (nSPS) is 16.0. The topological polar surface area (TPSA) is 102 Å². The predicted molar refractivity (Wildman–Crippen MR) is 130 cm³/mol. The molecule has 1 aliphatic rings. The van der Waals surface area contributed by atoms with E-state index in [0.29, 0.717) is 25.1 Å². The van der Waals surface area contributed by atoms with Crippen molar-refractivity contribution in [3.8, 4) is 5.69 Å². The molecule has 8 nitrogen and oxygen atoms in total. The van der Waals surface area contributed by atoms with Crippen molar-refractivity contribution in [2.75, 3.05) is 19.7 Å².